The van der Waals surface area contributed by atoms with Crippen LogP contribution in [0.15, 0.2) is 53.6 Å². The lowest BCUT2D eigenvalue weighted by molar-refractivity contribution is 0.0955. The number of nitrogens with two attached hydrogens (primary N) is 1. The van der Waals surface area contributed by atoms with Crippen LogP contribution in [0.3, 0.4) is 0 Å². The lowest BCUT2D eigenvalue weighted by Crippen LogP contribution is -2.19. The molecule has 2 rings (SSSR count). The fourth-order valence-electron chi connectivity index (χ4n) is 1.98. The molecule has 0 radical (unpaired) electrons. The monoisotopic (exact) mass is 311 g/mol. The number of hydrogen-bond donors (Lipinski definition) is 2. The van der Waals surface area contributed by atoms with Gasteiger partial charge in [-0.3, -0.25) is 4.79 Å². The Morgan fingerprint density at radius 2 is 1.83 bits per heavy atom. The number of nitrogens with zero attached hydrogens (tertiary/aromatic N) is 1. The van der Waals surface area contributed by atoms with E-state index in [2.05, 4.69) is 10.5 Å². The minimum absolute atomic E-state index is 0.0974. The normalized spacial score (nSPS) is 11.4. The second kappa shape index (κ2) is 7.45. The van der Waals surface area contributed by atoms with Gasteiger partial charge in [0.2, 0.25) is 0 Å². The average Bonchev–Trinajstić information content (AvgIpc) is 2.52. The summed E-state index contributed by atoms with van der Waals surface area (Å²) in [4.78, 5) is 12.1. The third-order valence-corrected chi connectivity index (χ3v) is 3.12. The van der Waals surface area contributed by atoms with Crippen LogP contribution < -0.4 is 15.9 Å². The van der Waals surface area contributed by atoms with Crippen molar-refractivity contribution in [1.82, 2.24) is 5.43 Å². The molecule has 3 N–H and O–H groups in total. The van der Waals surface area contributed by atoms with Crippen molar-refractivity contribution in [2.75, 3.05) is 5.73 Å². The lowest BCUT2D eigenvalue weighted by atomic mass is 10.1. The standard InChI is InChI=1S/C18H21N3O2/c1-12(2)23-17-9-7-14(8-10-17)18(22)21-20-13(3)15-5-4-6-16(19)11-15/h4-12H,19H2,1-3H3,(H,21,22)/b20-13-. The van der Waals surface area contributed by atoms with Gasteiger partial charge < -0.3 is 10.5 Å². The molecule has 23 heavy (non-hydrogen) atoms. The number of nitrogens with one attached hydrogen (secondary N) is 1. The van der Waals surface area contributed by atoms with Crippen molar-refractivity contribution in [3.8, 4) is 5.75 Å². The van der Waals surface area contributed by atoms with Crippen molar-refractivity contribution in [2.24, 2.45) is 5.10 Å². The predicted molar refractivity (Wildman–Crippen MR) is 92.7 cm³/mol. The highest BCUT2D eigenvalue weighted by atomic mass is 16.5. The van der Waals surface area contributed by atoms with Gasteiger partial charge >= 0.3 is 0 Å². The molecule has 0 fully saturated rings. The number of amides is 1. The van der Waals surface area contributed by atoms with Crippen molar-refractivity contribution in [2.45, 2.75) is 26.9 Å². The van der Waals surface area contributed by atoms with Gasteiger partial charge in [-0.15, -0.1) is 0 Å². The summed E-state index contributed by atoms with van der Waals surface area (Å²) >= 11 is 0. The van der Waals surface area contributed by atoms with Crippen LogP contribution >= 0.6 is 0 Å². The van der Waals surface area contributed by atoms with Crippen LogP contribution in [-0.2, 0) is 0 Å². The summed E-state index contributed by atoms with van der Waals surface area (Å²) in [5.41, 5.74) is 11.0. The van der Waals surface area contributed by atoms with Gasteiger partial charge in [0.25, 0.3) is 5.91 Å². The molecule has 0 saturated carbocycles. The molecule has 0 aliphatic rings. The van der Waals surface area contributed by atoms with E-state index < -0.39 is 0 Å². The second-order valence-electron chi connectivity index (χ2n) is 5.45. The Balaban J connectivity index is 2.02. The van der Waals surface area contributed by atoms with E-state index in [0.717, 1.165) is 11.3 Å². The first-order valence-corrected chi connectivity index (χ1v) is 7.43. The topological polar surface area (TPSA) is 76.7 Å². The van der Waals surface area contributed by atoms with Gasteiger partial charge in [-0.05, 0) is 62.7 Å². The third kappa shape index (κ3) is 4.85. The predicted octanol–water partition coefficient (Wildman–Crippen LogP) is 3.21. The number of nitrogen functional groups attached to an aromatic ring is 1. The van der Waals surface area contributed by atoms with Crippen LogP contribution in [0, 0.1) is 0 Å². The quantitative estimate of drug-likeness (QED) is 0.506. The Kier molecular flexibility index (Phi) is 5.36. The van der Waals surface area contributed by atoms with Crippen molar-refractivity contribution < 1.29 is 9.53 Å². The summed E-state index contributed by atoms with van der Waals surface area (Å²) in [6.07, 6.45) is 0.0974. The Morgan fingerprint density at radius 1 is 1.13 bits per heavy atom. The van der Waals surface area contributed by atoms with E-state index in [0.29, 0.717) is 17.0 Å². The van der Waals surface area contributed by atoms with Crippen molar-refractivity contribution >= 4 is 17.3 Å². The van der Waals surface area contributed by atoms with Crippen LogP contribution in [0.4, 0.5) is 5.69 Å². The van der Waals surface area contributed by atoms with E-state index in [-0.39, 0.29) is 12.0 Å². The van der Waals surface area contributed by atoms with Crippen LogP contribution in [0.5, 0.6) is 5.75 Å². The second-order valence-corrected chi connectivity index (χ2v) is 5.45. The van der Waals surface area contributed by atoms with Crippen LogP contribution in [0.2, 0.25) is 0 Å². The third-order valence-electron chi connectivity index (χ3n) is 3.12. The molecule has 0 spiro atoms. The number of anilines is 1. The first kappa shape index (κ1) is 16.5. The lowest BCUT2D eigenvalue weighted by Gasteiger charge is -2.09. The molecule has 2 aromatic carbocycles. The molecule has 5 heteroatoms. The van der Waals surface area contributed by atoms with Crippen LogP contribution in [-0.4, -0.2) is 17.7 Å². The molecule has 2 aromatic rings. The molecule has 0 unspecified atom stereocenters. The largest absolute Gasteiger partial charge is 0.491 e. The average molecular weight is 311 g/mol. The van der Waals surface area contributed by atoms with Gasteiger partial charge in [-0.2, -0.15) is 5.10 Å². The number of carbonyl (C=O) groups excluding carboxylic acids is 1. The molecule has 0 bridgehead atoms. The van der Waals surface area contributed by atoms with E-state index in [1.54, 1.807) is 30.3 Å². The number of hydrazone groups is 1. The van der Waals surface area contributed by atoms with Crippen molar-refractivity contribution in [3.05, 3.63) is 59.7 Å². The molecule has 0 aliphatic carbocycles. The Morgan fingerprint density at radius 3 is 2.43 bits per heavy atom. The Hall–Kier alpha value is -2.82. The van der Waals surface area contributed by atoms with Gasteiger partial charge in [0.15, 0.2) is 0 Å². The highest BCUT2D eigenvalue weighted by Gasteiger charge is 2.06. The number of hydrogen-bond acceptors (Lipinski definition) is 4. The first-order chi connectivity index (χ1) is 11.0. The zero-order valence-electron chi connectivity index (χ0n) is 13.5. The van der Waals surface area contributed by atoms with Crippen LogP contribution in [0.25, 0.3) is 0 Å². The molecule has 120 valence electrons. The van der Waals surface area contributed by atoms with E-state index in [4.69, 9.17) is 10.5 Å². The highest BCUT2D eigenvalue weighted by Crippen LogP contribution is 2.14. The molecular weight excluding hydrogens is 290 g/mol. The molecule has 0 aliphatic heterocycles. The summed E-state index contributed by atoms with van der Waals surface area (Å²) in [5.74, 6) is 0.459. The first-order valence-electron chi connectivity index (χ1n) is 7.43. The van der Waals surface area contributed by atoms with Crippen molar-refractivity contribution in [3.63, 3.8) is 0 Å². The van der Waals surface area contributed by atoms with E-state index in [9.17, 15) is 4.79 Å². The Labute approximate surface area is 136 Å². The Bertz CT molecular complexity index is 706. The summed E-state index contributed by atoms with van der Waals surface area (Å²) in [5, 5.41) is 4.11. The summed E-state index contributed by atoms with van der Waals surface area (Å²) < 4.78 is 5.55. The van der Waals surface area contributed by atoms with Gasteiger partial charge in [0.05, 0.1) is 11.8 Å². The summed E-state index contributed by atoms with van der Waals surface area (Å²) in [7, 11) is 0. The molecule has 0 aromatic heterocycles. The van der Waals surface area contributed by atoms with E-state index in [1.807, 2.05) is 39.0 Å². The smallest absolute Gasteiger partial charge is 0.271 e. The molecule has 0 atom stereocenters. The van der Waals surface area contributed by atoms with Gasteiger partial charge in [-0.1, -0.05) is 12.1 Å². The van der Waals surface area contributed by atoms with E-state index in [1.165, 1.54) is 0 Å². The maximum atomic E-state index is 12.1. The number of ether oxygens (including phenoxy) is 1. The molecule has 5 nitrogen and oxygen atoms in total. The number of benzene rings is 2. The van der Waals surface area contributed by atoms with Crippen molar-refractivity contribution in [1.29, 1.82) is 0 Å². The number of rotatable bonds is 5. The van der Waals surface area contributed by atoms with Gasteiger partial charge in [-0.25, -0.2) is 5.43 Å². The summed E-state index contributed by atoms with van der Waals surface area (Å²) in [6.45, 7) is 5.72. The van der Waals surface area contributed by atoms with Gasteiger partial charge in [0.1, 0.15) is 5.75 Å². The minimum Gasteiger partial charge on any atom is -0.491 e. The molecule has 1 amide bonds. The summed E-state index contributed by atoms with van der Waals surface area (Å²) in [6, 6.07) is 14.3. The zero-order valence-corrected chi connectivity index (χ0v) is 13.5. The fraction of sp³-hybridized carbons (Fsp3) is 0.222. The number of carbonyl (C=O) groups is 1. The minimum atomic E-state index is -0.274. The SMILES string of the molecule is C/C(=N/NC(=O)c1ccc(OC(C)C)cc1)c1cccc(N)c1. The molecule has 0 saturated heterocycles. The molecule has 0 heterocycles. The maximum Gasteiger partial charge on any atom is 0.271 e. The zero-order chi connectivity index (χ0) is 16.8. The van der Waals surface area contributed by atoms with Gasteiger partial charge in [0, 0.05) is 11.3 Å². The van der Waals surface area contributed by atoms with E-state index >= 15 is 0 Å². The maximum absolute atomic E-state index is 12.1. The highest BCUT2D eigenvalue weighted by molar-refractivity contribution is 6.01. The van der Waals surface area contributed by atoms with Crippen LogP contribution in [0.1, 0.15) is 36.7 Å². The fourth-order valence-corrected chi connectivity index (χ4v) is 1.98. The molecular formula is C18H21N3O2.